The molecule has 0 saturated heterocycles. The maximum absolute atomic E-state index is 12.7. The number of benzene rings is 2. The van der Waals surface area contributed by atoms with Crippen LogP contribution in [-0.4, -0.2) is 11.0 Å². The Morgan fingerprint density at radius 1 is 1.17 bits per heavy atom. The molecule has 2 rings (SSSR count). The van der Waals surface area contributed by atoms with Gasteiger partial charge in [0.1, 0.15) is 5.75 Å². The fourth-order valence-electron chi connectivity index (χ4n) is 1.65. The van der Waals surface area contributed by atoms with Gasteiger partial charge in [0.15, 0.2) is 10.8 Å². The standard InChI is InChI=1S/C14H7ClF3N3O2/c15-8-5-6-12(22)9(7-8)13(23)20-21-19-11-4-2-1-3-10(11)14(16,17)18/h1-7H/p+1. The largest absolute Gasteiger partial charge is 0.507 e. The smallest absolute Gasteiger partial charge is 0.418 e. The molecule has 2 aromatic rings. The van der Waals surface area contributed by atoms with Crippen molar-refractivity contribution in [2.75, 3.05) is 0 Å². The lowest BCUT2D eigenvalue weighted by Gasteiger charge is -2.05. The van der Waals surface area contributed by atoms with Crippen molar-refractivity contribution in [3.05, 3.63) is 58.6 Å². The molecular weight excluding hydrogens is 335 g/mol. The highest BCUT2D eigenvalue weighted by atomic mass is 35.5. The Labute approximate surface area is 132 Å². The van der Waals surface area contributed by atoms with Crippen molar-refractivity contribution in [1.82, 2.24) is 4.91 Å². The first kappa shape index (κ1) is 16.7. The number of halogens is 4. The second kappa shape index (κ2) is 6.60. The first-order chi connectivity index (χ1) is 10.8. The molecule has 23 heavy (non-hydrogen) atoms. The van der Waals surface area contributed by atoms with Crippen molar-refractivity contribution >= 4 is 23.2 Å². The lowest BCUT2D eigenvalue weighted by molar-refractivity contribution is -0.137. The van der Waals surface area contributed by atoms with E-state index < -0.39 is 23.3 Å². The van der Waals surface area contributed by atoms with Crippen LogP contribution in [-0.2, 0) is 6.18 Å². The van der Waals surface area contributed by atoms with E-state index in [9.17, 15) is 23.1 Å². The van der Waals surface area contributed by atoms with Crippen molar-refractivity contribution in [1.29, 1.82) is 0 Å². The highest BCUT2D eigenvalue weighted by molar-refractivity contribution is 6.31. The zero-order valence-corrected chi connectivity index (χ0v) is 12.0. The van der Waals surface area contributed by atoms with Gasteiger partial charge in [0, 0.05) is 5.02 Å². The third-order valence-corrected chi connectivity index (χ3v) is 2.92. The van der Waals surface area contributed by atoms with Crippen LogP contribution >= 0.6 is 11.6 Å². The van der Waals surface area contributed by atoms with Gasteiger partial charge in [-0.05, 0) is 30.3 Å². The summed E-state index contributed by atoms with van der Waals surface area (Å²) in [6.07, 6.45) is -4.61. The van der Waals surface area contributed by atoms with Gasteiger partial charge in [-0.15, -0.1) is 0 Å². The topological polar surface area (TPSA) is 76.1 Å². The minimum atomic E-state index is -4.61. The Kier molecular flexibility index (Phi) is 4.78. The van der Waals surface area contributed by atoms with E-state index in [1.54, 1.807) is 0 Å². The second-order valence-corrected chi connectivity index (χ2v) is 4.71. The first-order valence-corrected chi connectivity index (χ1v) is 6.47. The molecule has 0 saturated carbocycles. The molecule has 0 unspecified atom stereocenters. The molecule has 118 valence electrons. The first-order valence-electron chi connectivity index (χ1n) is 6.10. The summed E-state index contributed by atoms with van der Waals surface area (Å²) in [6.45, 7) is 0. The summed E-state index contributed by atoms with van der Waals surface area (Å²) in [5.41, 5.74) is -1.72. The van der Waals surface area contributed by atoms with Gasteiger partial charge in [-0.1, -0.05) is 23.7 Å². The van der Waals surface area contributed by atoms with Gasteiger partial charge in [0.2, 0.25) is 10.0 Å². The molecule has 2 aromatic carbocycles. The Morgan fingerprint density at radius 2 is 1.87 bits per heavy atom. The third-order valence-electron chi connectivity index (χ3n) is 2.69. The molecule has 9 heteroatoms. The number of hydrogen-bond acceptors (Lipinski definition) is 3. The quantitative estimate of drug-likeness (QED) is 0.644. The zero-order valence-electron chi connectivity index (χ0n) is 11.3. The van der Waals surface area contributed by atoms with Gasteiger partial charge in [-0.25, -0.2) is 0 Å². The fourth-order valence-corrected chi connectivity index (χ4v) is 1.82. The maximum atomic E-state index is 12.7. The van der Waals surface area contributed by atoms with Crippen molar-refractivity contribution in [2.45, 2.75) is 6.18 Å². The van der Waals surface area contributed by atoms with Gasteiger partial charge in [-0.2, -0.15) is 13.2 Å². The Morgan fingerprint density at radius 3 is 2.57 bits per heavy atom. The summed E-state index contributed by atoms with van der Waals surface area (Å²) < 4.78 is 38.2. The molecule has 0 heterocycles. The molecule has 0 aliphatic rings. The average Bonchev–Trinajstić information content (AvgIpc) is 2.49. The van der Waals surface area contributed by atoms with Crippen LogP contribution in [0.3, 0.4) is 0 Å². The van der Waals surface area contributed by atoms with Crippen molar-refractivity contribution < 1.29 is 23.1 Å². The normalized spacial score (nSPS) is 10.8. The number of phenols is 1. The van der Waals surface area contributed by atoms with Gasteiger partial charge in [-0.3, -0.25) is 4.79 Å². The minimum Gasteiger partial charge on any atom is -0.507 e. The van der Waals surface area contributed by atoms with E-state index in [0.29, 0.717) is 0 Å². The molecule has 0 atom stereocenters. The number of carbonyl (C=O) groups excluding carboxylic acids is 1. The fraction of sp³-hybridized carbons (Fsp3) is 0.0714. The van der Waals surface area contributed by atoms with Crippen molar-refractivity contribution in [3.8, 4) is 5.75 Å². The van der Waals surface area contributed by atoms with Crippen molar-refractivity contribution in [3.63, 3.8) is 0 Å². The molecule has 1 N–H and O–H groups in total. The number of aromatic hydroxyl groups is 1. The van der Waals surface area contributed by atoms with E-state index >= 15 is 0 Å². The lowest BCUT2D eigenvalue weighted by atomic mass is 10.2. The molecule has 5 nitrogen and oxygen atoms in total. The van der Waals surface area contributed by atoms with E-state index in [2.05, 4.69) is 15.1 Å². The summed E-state index contributed by atoms with van der Waals surface area (Å²) in [4.78, 5) is 14.8. The van der Waals surface area contributed by atoms with Crippen LogP contribution in [0.4, 0.5) is 18.9 Å². The summed E-state index contributed by atoms with van der Waals surface area (Å²) in [7, 11) is 0. The van der Waals surface area contributed by atoms with Gasteiger partial charge < -0.3 is 5.11 Å². The van der Waals surface area contributed by atoms with Crippen LogP contribution < -0.4 is 4.91 Å². The number of hydrogen-bond donors (Lipinski definition) is 1. The summed E-state index contributed by atoms with van der Waals surface area (Å²) in [5.74, 6) is -1.37. The number of amides is 1. The van der Waals surface area contributed by atoms with E-state index in [-0.39, 0.29) is 16.3 Å². The maximum Gasteiger partial charge on any atom is 0.418 e. The van der Waals surface area contributed by atoms with Crippen LogP contribution in [0, 0.1) is 0 Å². The lowest BCUT2D eigenvalue weighted by Crippen LogP contribution is -2.04. The number of carbonyl (C=O) groups is 1. The molecule has 0 spiro atoms. The Hall–Kier alpha value is -2.70. The van der Waals surface area contributed by atoms with E-state index in [1.165, 1.54) is 24.3 Å². The van der Waals surface area contributed by atoms with Crippen LogP contribution in [0.2, 0.25) is 5.02 Å². The number of phenolic OH excluding ortho intramolecular Hbond substituents is 1. The molecule has 1 amide bonds. The van der Waals surface area contributed by atoms with Crippen LogP contribution in [0.1, 0.15) is 15.9 Å². The predicted octanol–water partition coefficient (Wildman–Crippen LogP) is 4.51. The van der Waals surface area contributed by atoms with E-state index in [4.69, 9.17) is 11.6 Å². The predicted molar refractivity (Wildman–Crippen MR) is 75.5 cm³/mol. The number of rotatable bonds is 2. The van der Waals surface area contributed by atoms with Gasteiger partial charge >= 0.3 is 12.1 Å². The van der Waals surface area contributed by atoms with Crippen LogP contribution in [0.15, 0.2) is 52.7 Å². The molecule has 0 radical (unpaired) electrons. The summed E-state index contributed by atoms with van der Waals surface area (Å²) in [6, 6.07) is 8.16. The highest BCUT2D eigenvalue weighted by Crippen LogP contribution is 2.35. The zero-order chi connectivity index (χ0) is 17.0. The highest BCUT2D eigenvalue weighted by Gasteiger charge is 2.34. The monoisotopic (exact) mass is 342 g/mol. The second-order valence-electron chi connectivity index (χ2n) is 4.27. The Balaban J connectivity index is 2.32. The van der Waals surface area contributed by atoms with Crippen molar-refractivity contribution in [2.24, 2.45) is 10.2 Å². The van der Waals surface area contributed by atoms with E-state index in [1.807, 2.05) is 0 Å². The van der Waals surface area contributed by atoms with Crippen LogP contribution in [0.5, 0.6) is 5.75 Å². The minimum absolute atomic E-state index is 0.181. The van der Waals surface area contributed by atoms with Gasteiger partial charge in [0.25, 0.3) is 0 Å². The SMILES string of the molecule is O=C(N=[N+]=Nc1ccccc1C(F)(F)F)c1cc(Cl)ccc1O. The number of alkyl halides is 3. The molecule has 0 aliphatic carbocycles. The summed E-state index contributed by atoms with van der Waals surface area (Å²) in [5, 5.41) is 16.1. The Bertz CT molecular complexity index is 815. The number of nitrogens with zero attached hydrogens (tertiary/aromatic N) is 3. The summed E-state index contributed by atoms with van der Waals surface area (Å²) >= 11 is 5.68. The third kappa shape index (κ3) is 4.15. The molecule has 0 fully saturated rings. The van der Waals surface area contributed by atoms with Crippen LogP contribution in [0.25, 0.3) is 0 Å². The van der Waals surface area contributed by atoms with E-state index in [0.717, 1.165) is 18.2 Å². The molecular formula is C14H8ClF3N3O2+. The average molecular weight is 343 g/mol. The molecule has 0 bridgehead atoms. The molecule has 0 aromatic heterocycles. The molecule has 0 aliphatic heterocycles. The van der Waals surface area contributed by atoms with Gasteiger partial charge in [0.05, 0.1) is 11.1 Å².